The normalized spacial score (nSPS) is 10.1. The first-order chi connectivity index (χ1) is 7.95. The number of ether oxygens (including phenoxy) is 1. The molecule has 5 nitrogen and oxygen atoms in total. The number of benzene rings is 1. The summed E-state index contributed by atoms with van der Waals surface area (Å²) in [5, 5.41) is 10.6. The van der Waals surface area contributed by atoms with Crippen molar-refractivity contribution in [2.75, 3.05) is 6.61 Å². The van der Waals surface area contributed by atoms with Crippen LogP contribution in [0.1, 0.15) is 18.1 Å². The van der Waals surface area contributed by atoms with Crippen LogP contribution < -0.4 is 0 Å². The van der Waals surface area contributed by atoms with Crippen LogP contribution in [0.5, 0.6) is 0 Å². The van der Waals surface area contributed by atoms with Gasteiger partial charge in [0.15, 0.2) is 0 Å². The molecule has 0 saturated heterocycles. The number of nitro benzene ring substituents is 1. The van der Waals surface area contributed by atoms with Crippen molar-refractivity contribution in [3.8, 4) is 0 Å². The van der Waals surface area contributed by atoms with E-state index in [0.29, 0.717) is 5.56 Å². The maximum atomic E-state index is 13.4. The molecule has 6 heteroatoms. The zero-order valence-corrected chi connectivity index (χ0v) is 9.53. The number of carbonyl (C=O) groups excluding carboxylic acids is 1. The molecule has 0 aliphatic rings. The van der Waals surface area contributed by atoms with Crippen LogP contribution in [-0.2, 0) is 16.0 Å². The number of rotatable bonds is 4. The number of esters is 1. The summed E-state index contributed by atoms with van der Waals surface area (Å²) in [5.74, 6) is -1.42. The van der Waals surface area contributed by atoms with E-state index in [1.165, 1.54) is 13.0 Å². The summed E-state index contributed by atoms with van der Waals surface area (Å²) in [5.41, 5.74) is -0.00374. The van der Waals surface area contributed by atoms with E-state index in [2.05, 4.69) is 0 Å². The fourth-order valence-electron chi connectivity index (χ4n) is 1.52. The highest BCUT2D eigenvalue weighted by Crippen LogP contribution is 2.23. The monoisotopic (exact) mass is 241 g/mol. The van der Waals surface area contributed by atoms with Crippen molar-refractivity contribution >= 4 is 11.7 Å². The molecule has 0 atom stereocenters. The summed E-state index contributed by atoms with van der Waals surface area (Å²) < 4.78 is 18.1. The summed E-state index contributed by atoms with van der Waals surface area (Å²) in [6.07, 6.45) is -0.0937. The number of nitrogens with zero attached hydrogens (tertiary/aromatic N) is 1. The zero-order chi connectivity index (χ0) is 13.0. The molecule has 0 heterocycles. The van der Waals surface area contributed by atoms with Crippen molar-refractivity contribution in [1.82, 2.24) is 0 Å². The second-order valence-corrected chi connectivity index (χ2v) is 3.48. The van der Waals surface area contributed by atoms with E-state index in [0.717, 1.165) is 6.07 Å². The van der Waals surface area contributed by atoms with E-state index in [9.17, 15) is 19.3 Å². The Labute approximate surface area is 97.3 Å². The third kappa shape index (κ3) is 3.24. The van der Waals surface area contributed by atoms with E-state index in [1.54, 1.807) is 6.92 Å². The molecule has 0 aliphatic carbocycles. The highest BCUT2D eigenvalue weighted by atomic mass is 19.1. The SMILES string of the molecule is CCOC(=O)Cc1cc(C)c([N+](=O)[O-])c(F)c1. The van der Waals surface area contributed by atoms with E-state index >= 15 is 0 Å². The molecule has 1 aromatic carbocycles. The Morgan fingerprint density at radius 2 is 2.18 bits per heavy atom. The standard InChI is InChI=1S/C11H12FNO4/c1-3-17-10(14)6-8-4-7(2)11(13(15)16)9(12)5-8/h4-5H,3,6H2,1-2H3. The van der Waals surface area contributed by atoms with Crippen LogP contribution >= 0.6 is 0 Å². The molecule has 0 N–H and O–H groups in total. The second kappa shape index (κ2) is 5.38. The smallest absolute Gasteiger partial charge is 0.310 e. The van der Waals surface area contributed by atoms with Crippen molar-refractivity contribution in [2.45, 2.75) is 20.3 Å². The van der Waals surface area contributed by atoms with Crippen molar-refractivity contribution < 1.29 is 18.8 Å². The number of hydrogen-bond acceptors (Lipinski definition) is 4. The molecule has 1 aromatic rings. The second-order valence-electron chi connectivity index (χ2n) is 3.48. The van der Waals surface area contributed by atoms with Gasteiger partial charge in [0.25, 0.3) is 0 Å². The van der Waals surface area contributed by atoms with Crippen LogP contribution in [0, 0.1) is 22.9 Å². The molecule has 0 bridgehead atoms. The number of nitro groups is 1. The highest BCUT2D eigenvalue weighted by molar-refractivity contribution is 5.72. The van der Waals surface area contributed by atoms with Gasteiger partial charge >= 0.3 is 11.7 Å². The molecule has 0 aliphatic heterocycles. The Bertz CT molecular complexity index is 436. The van der Waals surface area contributed by atoms with Crippen molar-refractivity contribution in [2.24, 2.45) is 0 Å². The minimum Gasteiger partial charge on any atom is -0.466 e. The minimum atomic E-state index is -0.936. The molecular weight excluding hydrogens is 229 g/mol. The summed E-state index contributed by atoms with van der Waals surface area (Å²) in [7, 11) is 0. The average Bonchev–Trinajstić information content (AvgIpc) is 2.15. The topological polar surface area (TPSA) is 69.4 Å². The maximum absolute atomic E-state index is 13.4. The summed E-state index contributed by atoms with van der Waals surface area (Å²) in [6.45, 7) is 3.34. The van der Waals surface area contributed by atoms with Gasteiger partial charge in [-0.25, -0.2) is 0 Å². The van der Waals surface area contributed by atoms with Gasteiger partial charge in [0.05, 0.1) is 18.0 Å². The van der Waals surface area contributed by atoms with Crippen molar-refractivity contribution in [3.63, 3.8) is 0 Å². The van der Waals surface area contributed by atoms with Gasteiger partial charge in [-0.15, -0.1) is 0 Å². The van der Waals surface area contributed by atoms with Gasteiger partial charge in [-0.05, 0) is 31.5 Å². The van der Waals surface area contributed by atoms with Gasteiger partial charge in [0, 0.05) is 5.56 Å². The minimum absolute atomic E-state index is 0.0937. The molecule has 0 spiro atoms. The highest BCUT2D eigenvalue weighted by Gasteiger charge is 2.19. The first-order valence-corrected chi connectivity index (χ1v) is 5.04. The van der Waals surface area contributed by atoms with E-state index in [1.807, 2.05) is 0 Å². The lowest BCUT2D eigenvalue weighted by atomic mass is 10.1. The fraction of sp³-hybridized carbons (Fsp3) is 0.364. The summed E-state index contributed by atoms with van der Waals surface area (Å²) in [6, 6.07) is 2.40. The van der Waals surface area contributed by atoms with Gasteiger partial charge in [0.2, 0.25) is 5.82 Å². The summed E-state index contributed by atoms with van der Waals surface area (Å²) in [4.78, 5) is 20.9. The molecule has 0 aromatic heterocycles. The Morgan fingerprint density at radius 1 is 1.53 bits per heavy atom. The molecule has 0 fully saturated rings. The zero-order valence-electron chi connectivity index (χ0n) is 9.53. The molecule has 0 saturated carbocycles. The number of carbonyl (C=O) groups is 1. The fourth-order valence-corrected chi connectivity index (χ4v) is 1.52. The van der Waals surface area contributed by atoms with Crippen LogP contribution in [-0.4, -0.2) is 17.5 Å². The molecular formula is C11H12FNO4. The number of halogens is 1. The van der Waals surface area contributed by atoms with Gasteiger partial charge < -0.3 is 4.74 Å². The number of aryl methyl sites for hydroxylation is 1. The van der Waals surface area contributed by atoms with Crippen LogP contribution in [0.4, 0.5) is 10.1 Å². The molecule has 0 unspecified atom stereocenters. The number of hydrogen-bond donors (Lipinski definition) is 0. The molecule has 92 valence electrons. The first kappa shape index (κ1) is 13.1. The first-order valence-electron chi connectivity index (χ1n) is 5.04. The Kier molecular flexibility index (Phi) is 4.14. The van der Waals surface area contributed by atoms with E-state index in [-0.39, 0.29) is 18.6 Å². The average molecular weight is 241 g/mol. The molecule has 1 rings (SSSR count). The van der Waals surface area contributed by atoms with Crippen LogP contribution in [0.15, 0.2) is 12.1 Å². The predicted octanol–water partition coefficient (Wildman–Crippen LogP) is 2.15. The largest absolute Gasteiger partial charge is 0.466 e. The molecule has 0 amide bonds. The van der Waals surface area contributed by atoms with Crippen LogP contribution in [0.2, 0.25) is 0 Å². The lowest BCUT2D eigenvalue weighted by Crippen LogP contribution is -2.08. The quantitative estimate of drug-likeness (QED) is 0.460. The Hall–Kier alpha value is -1.98. The van der Waals surface area contributed by atoms with Gasteiger partial charge in [-0.3, -0.25) is 14.9 Å². The van der Waals surface area contributed by atoms with Crippen LogP contribution in [0.3, 0.4) is 0 Å². The third-order valence-corrected chi connectivity index (χ3v) is 2.15. The Balaban J connectivity index is 2.98. The predicted molar refractivity (Wildman–Crippen MR) is 58.1 cm³/mol. The lowest BCUT2D eigenvalue weighted by Gasteiger charge is -2.04. The van der Waals surface area contributed by atoms with Crippen LogP contribution in [0.25, 0.3) is 0 Å². The van der Waals surface area contributed by atoms with Gasteiger partial charge in [0.1, 0.15) is 0 Å². The van der Waals surface area contributed by atoms with Crippen molar-refractivity contribution in [1.29, 1.82) is 0 Å². The van der Waals surface area contributed by atoms with Crippen molar-refractivity contribution in [3.05, 3.63) is 39.2 Å². The van der Waals surface area contributed by atoms with Gasteiger partial charge in [-0.2, -0.15) is 4.39 Å². The third-order valence-electron chi connectivity index (χ3n) is 2.15. The summed E-state index contributed by atoms with van der Waals surface area (Å²) >= 11 is 0. The Morgan fingerprint density at radius 3 is 2.65 bits per heavy atom. The van der Waals surface area contributed by atoms with Gasteiger partial charge in [-0.1, -0.05) is 0 Å². The maximum Gasteiger partial charge on any atom is 0.310 e. The van der Waals surface area contributed by atoms with E-state index in [4.69, 9.17) is 4.74 Å². The lowest BCUT2D eigenvalue weighted by molar-refractivity contribution is -0.388. The molecule has 0 radical (unpaired) electrons. The van der Waals surface area contributed by atoms with E-state index < -0.39 is 22.4 Å². The molecule has 17 heavy (non-hydrogen) atoms.